The van der Waals surface area contributed by atoms with Crippen molar-refractivity contribution in [2.24, 2.45) is 0 Å². The first-order valence-corrected chi connectivity index (χ1v) is 7.95. The lowest BCUT2D eigenvalue weighted by molar-refractivity contribution is -0.0208. The van der Waals surface area contributed by atoms with E-state index >= 15 is 0 Å². The number of carbonyl (C=O) groups is 1. The van der Waals surface area contributed by atoms with Crippen LogP contribution in [0.1, 0.15) is 15.9 Å². The number of ether oxygens (including phenoxy) is 2. The molecule has 3 rings (SSSR count). The second-order valence-corrected chi connectivity index (χ2v) is 5.80. The molecular formula is C19H20FNO3. The van der Waals surface area contributed by atoms with Gasteiger partial charge in [-0.1, -0.05) is 12.1 Å². The summed E-state index contributed by atoms with van der Waals surface area (Å²) in [5.41, 5.74) is 1.64. The SMILES string of the molecule is COc1ccc(CC2CN(C(=O)c3ccc(F)cc3)CCO2)cc1. The van der Waals surface area contributed by atoms with Gasteiger partial charge in [-0.25, -0.2) is 4.39 Å². The molecule has 24 heavy (non-hydrogen) atoms. The molecule has 5 heteroatoms. The minimum absolute atomic E-state index is 0.0449. The smallest absolute Gasteiger partial charge is 0.254 e. The third-order valence-electron chi connectivity index (χ3n) is 4.14. The normalized spacial score (nSPS) is 17.6. The van der Waals surface area contributed by atoms with Crippen LogP contribution >= 0.6 is 0 Å². The largest absolute Gasteiger partial charge is 0.497 e. The number of hydrogen-bond donors (Lipinski definition) is 0. The average molecular weight is 329 g/mol. The molecule has 0 N–H and O–H groups in total. The van der Waals surface area contributed by atoms with Crippen molar-refractivity contribution < 1.29 is 18.7 Å². The highest BCUT2D eigenvalue weighted by molar-refractivity contribution is 5.94. The molecule has 2 aromatic rings. The van der Waals surface area contributed by atoms with Gasteiger partial charge in [0.1, 0.15) is 11.6 Å². The third-order valence-corrected chi connectivity index (χ3v) is 4.14. The van der Waals surface area contributed by atoms with Crippen LogP contribution in [0.25, 0.3) is 0 Å². The van der Waals surface area contributed by atoms with Crippen molar-refractivity contribution >= 4 is 5.91 Å². The van der Waals surface area contributed by atoms with Crippen molar-refractivity contribution in [3.63, 3.8) is 0 Å². The molecule has 1 amide bonds. The first-order valence-electron chi connectivity index (χ1n) is 7.95. The number of methoxy groups -OCH3 is 1. The second kappa shape index (κ2) is 7.45. The summed E-state index contributed by atoms with van der Waals surface area (Å²) in [5.74, 6) is 0.389. The highest BCUT2D eigenvalue weighted by Gasteiger charge is 2.25. The zero-order valence-electron chi connectivity index (χ0n) is 13.6. The van der Waals surface area contributed by atoms with Crippen molar-refractivity contribution in [2.75, 3.05) is 26.8 Å². The molecule has 4 nitrogen and oxygen atoms in total. The Labute approximate surface area is 140 Å². The van der Waals surface area contributed by atoms with Gasteiger partial charge in [0, 0.05) is 25.1 Å². The van der Waals surface area contributed by atoms with Gasteiger partial charge in [-0.2, -0.15) is 0 Å². The molecule has 0 aromatic heterocycles. The van der Waals surface area contributed by atoms with Gasteiger partial charge < -0.3 is 14.4 Å². The van der Waals surface area contributed by atoms with E-state index in [4.69, 9.17) is 9.47 Å². The minimum atomic E-state index is -0.342. The van der Waals surface area contributed by atoms with Gasteiger partial charge in [-0.05, 0) is 42.0 Å². The predicted molar refractivity (Wildman–Crippen MR) is 88.7 cm³/mol. The number of amides is 1. The number of halogens is 1. The molecule has 0 aliphatic carbocycles. The molecule has 1 aliphatic rings. The molecule has 0 spiro atoms. The minimum Gasteiger partial charge on any atom is -0.497 e. The van der Waals surface area contributed by atoms with Crippen molar-refractivity contribution in [3.8, 4) is 5.75 Å². The summed E-state index contributed by atoms with van der Waals surface area (Å²) in [6.45, 7) is 1.59. The molecule has 2 aromatic carbocycles. The Bertz CT molecular complexity index is 685. The van der Waals surface area contributed by atoms with Crippen molar-refractivity contribution in [1.82, 2.24) is 4.90 Å². The van der Waals surface area contributed by atoms with E-state index in [1.807, 2.05) is 24.3 Å². The number of benzene rings is 2. The molecule has 1 unspecified atom stereocenters. The maximum absolute atomic E-state index is 13.0. The first kappa shape index (κ1) is 16.5. The van der Waals surface area contributed by atoms with Crippen LogP contribution in [0, 0.1) is 5.82 Å². The van der Waals surface area contributed by atoms with Gasteiger partial charge in [0.25, 0.3) is 5.91 Å². The third kappa shape index (κ3) is 3.92. The zero-order valence-corrected chi connectivity index (χ0v) is 13.6. The number of hydrogen-bond acceptors (Lipinski definition) is 3. The van der Waals surface area contributed by atoms with Crippen LogP contribution < -0.4 is 4.74 Å². The fourth-order valence-electron chi connectivity index (χ4n) is 2.83. The Balaban J connectivity index is 1.63. The summed E-state index contributed by atoms with van der Waals surface area (Å²) in [6.07, 6.45) is 0.688. The van der Waals surface area contributed by atoms with E-state index in [-0.39, 0.29) is 17.8 Å². The monoisotopic (exact) mass is 329 g/mol. The Morgan fingerprint density at radius 1 is 1.21 bits per heavy atom. The summed E-state index contributed by atoms with van der Waals surface area (Å²) in [6, 6.07) is 13.5. The standard InChI is InChI=1S/C19H20FNO3/c1-23-17-8-2-14(3-9-17)12-18-13-21(10-11-24-18)19(22)15-4-6-16(20)7-5-15/h2-9,18H,10-13H2,1H3. The van der Waals surface area contributed by atoms with Crippen LogP contribution in [0.15, 0.2) is 48.5 Å². The van der Waals surface area contributed by atoms with Crippen LogP contribution in [0.4, 0.5) is 4.39 Å². The molecular weight excluding hydrogens is 309 g/mol. The number of nitrogens with zero attached hydrogens (tertiary/aromatic N) is 1. The lowest BCUT2D eigenvalue weighted by Gasteiger charge is -2.33. The number of carbonyl (C=O) groups excluding carboxylic acids is 1. The van der Waals surface area contributed by atoms with Crippen LogP contribution in [0.5, 0.6) is 5.75 Å². The maximum atomic E-state index is 13.0. The lowest BCUT2D eigenvalue weighted by Crippen LogP contribution is -2.46. The van der Waals surface area contributed by atoms with Crippen LogP contribution in [0.3, 0.4) is 0 Å². The number of rotatable bonds is 4. The Morgan fingerprint density at radius 2 is 1.92 bits per heavy atom. The average Bonchev–Trinajstić information content (AvgIpc) is 2.63. The van der Waals surface area contributed by atoms with Gasteiger partial charge in [0.15, 0.2) is 0 Å². The Kier molecular flexibility index (Phi) is 5.11. The van der Waals surface area contributed by atoms with Gasteiger partial charge in [0.05, 0.1) is 19.8 Å². The summed E-state index contributed by atoms with van der Waals surface area (Å²) in [5, 5.41) is 0. The van der Waals surface area contributed by atoms with E-state index in [9.17, 15) is 9.18 Å². The van der Waals surface area contributed by atoms with Crippen molar-refractivity contribution in [1.29, 1.82) is 0 Å². The highest BCUT2D eigenvalue weighted by Crippen LogP contribution is 2.17. The van der Waals surface area contributed by atoms with E-state index in [1.54, 1.807) is 12.0 Å². The molecule has 1 atom stereocenters. The fraction of sp³-hybridized carbons (Fsp3) is 0.316. The van der Waals surface area contributed by atoms with Gasteiger partial charge in [-0.15, -0.1) is 0 Å². The Morgan fingerprint density at radius 3 is 2.58 bits per heavy atom. The lowest BCUT2D eigenvalue weighted by atomic mass is 10.1. The molecule has 0 bridgehead atoms. The molecule has 0 saturated carbocycles. The van der Waals surface area contributed by atoms with Crippen LogP contribution in [-0.4, -0.2) is 43.7 Å². The molecule has 1 heterocycles. The molecule has 0 radical (unpaired) electrons. The van der Waals surface area contributed by atoms with Crippen molar-refractivity contribution in [3.05, 3.63) is 65.5 Å². The fourth-order valence-corrected chi connectivity index (χ4v) is 2.83. The summed E-state index contributed by atoms with van der Waals surface area (Å²) < 4.78 is 23.9. The van der Waals surface area contributed by atoms with E-state index in [0.29, 0.717) is 25.3 Å². The summed E-state index contributed by atoms with van der Waals surface area (Å²) >= 11 is 0. The molecule has 1 saturated heterocycles. The van der Waals surface area contributed by atoms with Gasteiger partial charge in [0.2, 0.25) is 0 Å². The predicted octanol–water partition coefficient (Wildman–Crippen LogP) is 2.92. The second-order valence-electron chi connectivity index (χ2n) is 5.80. The molecule has 1 fully saturated rings. The Hall–Kier alpha value is -2.40. The van der Waals surface area contributed by atoms with E-state index in [0.717, 1.165) is 17.7 Å². The van der Waals surface area contributed by atoms with Crippen LogP contribution in [0.2, 0.25) is 0 Å². The van der Waals surface area contributed by atoms with E-state index in [1.165, 1.54) is 24.3 Å². The van der Waals surface area contributed by atoms with Crippen LogP contribution in [-0.2, 0) is 11.2 Å². The van der Waals surface area contributed by atoms with Gasteiger partial charge in [-0.3, -0.25) is 4.79 Å². The maximum Gasteiger partial charge on any atom is 0.254 e. The summed E-state index contributed by atoms with van der Waals surface area (Å²) in [4.78, 5) is 14.3. The quantitative estimate of drug-likeness (QED) is 0.866. The van der Waals surface area contributed by atoms with E-state index < -0.39 is 0 Å². The number of morpholine rings is 1. The highest BCUT2D eigenvalue weighted by atomic mass is 19.1. The summed E-state index contributed by atoms with van der Waals surface area (Å²) in [7, 11) is 1.64. The van der Waals surface area contributed by atoms with E-state index in [2.05, 4.69) is 0 Å². The van der Waals surface area contributed by atoms with Gasteiger partial charge >= 0.3 is 0 Å². The molecule has 126 valence electrons. The topological polar surface area (TPSA) is 38.8 Å². The zero-order chi connectivity index (χ0) is 16.9. The first-order chi connectivity index (χ1) is 11.7. The molecule has 1 aliphatic heterocycles. The van der Waals surface area contributed by atoms with Crippen molar-refractivity contribution in [2.45, 2.75) is 12.5 Å².